The van der Waals surface area contributed by atoms with Crippen LogP contribution in [0.3, 0.4) is 0 Å². The Morgan fingerprint density at radius 1 is 1.38 bits per heavy atom. The quantitative estimate of drug-likeness (QED) is 0.791. The van der Waals surface area contributed by atoms with Crippen LogP contribution < -0.4 is 15.4 Å². The van der Waals surface area contributed by atoms with Crippen LogP contribution in [0.25, 0.3) is 0 Å². The van der Waals surface area contributed by atoms with Crippen molar-refractivity contribution < 1.29 is 4.74 Å². The minimum absolute atomic E-state index is 0.205. The summed E-state index contributed by atoms with van der Waals surface area (Å²) >= 11 is 0. The lowest BCUT2D eigenvalue weighted by atomic mass is 10.4. The number of aromatic nitrogens is 3. The summed E-state index contributed by atoms with van der Waals surface area (Å²) < 4.78 is 5.23. The number of hydrogen-bond acceptors (Lipinski definition) is 6. The van der Waals surface area contributed by atoms with Crippen LogP contribution in [-0.4, -0.2) is 35.2 Å². The van der Waals surface area contributed by atoms with Gasteiger partial charge in [-0.15, -0.1) is 0 Å². The van der Waals surface area contributed by atoms with E-state index in [2.05, 4.69) is 15.0 Å². The van der Waals surface area contributed by atoms with Crippen LogP contribution in [0.1, 0.15) is 19.8 Å². The first kappa shape index (κ1) is 10.9. The second-order valence-electron chi connectivity index (χ2n) is 4.03. The van der Waals surface area contributed by atoms with E-state index in [0.29, 0.717) is 18.6 Å². The van der Waals surface area contributed by atoms with Crippen molar-refractivity contribution in [3.63, 3.8) is 0 Å². The molecule has 1 heterocycles. The molecule has 6 nitrogen and oxygen atoms in total. The molecule has 0 atom stereocenters. The molecule has 0 radical (unpaired) electrons. The van der Waals surface area contributed by atoms with Crippen molar-refractivity contribution in [2.75, 3.05) is 30.8 Å². The average molecular weight is 223 g/mol. The van der Waals surface area contributed by atoms with Gasteiger partial charge in [0.15, 0.2) is 0 Å². The highest BCUT2D eigenvalue weighted by Crippen LogP contribution is 2.30. The zero-order valence-electron chi connectivity index (χ0n) is 9.68. The maximum Gasteiger partial charge on any atom is 0.323 e. The van der Waals surface area contributed by atoms with E-state index in [9.17, 15) is 0 Å². The first-order valence-electron chi connectivity index (χ1n) is 5.54. The van der Waals surface area contributed by atoms with Gasteiger partial charge < -0.3 is 15.4 Å². The predicted octanol–water partition coefficient (Wildman–Crippen LogP) is 0.699. The van der Waals surface area contributed by atoms with Crippen molar-refractivity contribution in [2.24, 2.45) is 5.92 Å². The van der Waals surface area contributed by atoms with E-state index in [1.807, 2.05) is 18.9 Å². The standard InChI is InChI=1S/C10H17N5O/c1-3-16-10-13-8(11)12-9(14-10)15(2)6-7-4-5-7/h7H,3-6H2,1-2H3,(H2,11,12,13,14). The fourth-order valence-electron chi connectivity index (χ4n) is 1.49. The second kappa shape index (κ2) is 4.51. The monoisotopic (exact) mass is 223 g/mol. The zero-order valence-corrected chi connectivity index (χ0v) is 9.68. The van der Waals surface area contributed by atoms with Gasteiger partial charge in [-0.3, -0.25) is 0 Å². The van der Waals surface area contributed by atoms with E-state index >= 15 is 0 Å². The minimum atomic E-state index is 0.205. The summed E-state index contributed by atoms with van der Waals surface area (Å²) in [5.41, 5.74) is 5.61. The van der Waals surface area contributed by atoms with Crippen molar-refractivity contribution >= 4 is 11.9 Å². The van der Waals surface area contributed by atoms with Gasteiger partial charge in [0, 0.05) is 13.6 Å². The number of rotatable bonds is 5. The third-order valence-corrected chi connectivity index (χ3v) is 2.46. The molecule has 2 N–H and O–H groups in total. The fraction of sp³-hybridized carbons (Fsp3) is 0.700. The third kappa shape index (κ3) is 2.71. The molecule has 0 amide bonds. The second-order valence-corrected chi connectivity index (χ2v) is 4.03. The molecule has 1 saturated carbocycles. The van der Waals surface area contributed by atoms with Crippen molar-refractivity contribution in [1.82, 2.24) is 15.0 Å². The molecule has 0 spiro atoms. The van der Waals surface area contributed by atoms with Crippen LogP contribution in [-0.2, 0) is 0 Å². The highest BCUT2D eigenvalue weighted by molar-refractivity contribution is 5.35. The molecular formula is C10H17N5O. The van der Waals surface area contributed by atoms with E-state index < -0.39 is 0 Å². The topological polar surface area (TPSA) is 77.2 Å². The summed E-state index contributed by atoms with van der Waals surface area (Å²) in [7, 11) is 1.96. The van der Waals surface area contributed by atoms with Gasteiger partial charge >= 0.3 is 6.01 Å². The molecular weight excluding hydrogens is 206 g/mol. The molecule has 0 aromatic carbocycles. The molecule has 1 aromatic heterocycles. The van der Waals surface area contributed by atoms with E-state index in [-0.39, 0.29) is 5.95 Å². The van der Waals surface area contributed by atoms with E-state index in [0.717, 1.165) is 12.5 Å². The van der Waals surface area contributed by atoms with Crippen LogP contribution in [0.15, 0.2) is 0 Å². The smallest absolute Gasteiger partial charge is 0.323 e. The average Bonchev–Trinajstić information content (AvgIpc) is 3.01. The molecule has 0 aliphatic heterocycles. The number of anilines is 2. The summed E-state index contributed by atoms with van der Waals surface area (Å²) in [4.78, 5) is 14.2. The van der Waals surface area contributed by atoms with Crippen molar-refractivity contribution in [3.8, 4) is 6.01 Å². The van der Waals surface area contributed by atoms with Crippen LogP contribution in [0.4, 0.5) is 11.9 Å². The molecule has 1 aliphatic rings. The lowest BCUT2D eigenvalue weighted by molar-refractivity contribution is 0.312. The number of ether oxygens (including phenoxy) is 1. The Bertz CT molecular complexity index is 366. The summed E-state index contributed by atoms with van der Waals surface area (Å²) in [5, 5.41) is 0. The Labute approximate surface area is 94.9 Å². The largest absolute Gasteiger partial charge is 0.464 e. The molecule has 0 bridgehead atoms. The van der Waals surface area contributed by atoms with E-state index in [4.69, 9.17) is 10.5 Å². The van der Waals surface area contributed by atoms with Crippen LogP contribution in [0, 0.1) is 5.92 Å². The highest BCUT2D eigenvalue weighted by atomic mass is 16.5. The zero-order chi connectivity index (χ0) is 11.5. The molecule has 1 fully saturated rings. The van der Waals surface area contributed by atoms with Gasteiger partial charge in [-0.1, -0.05) is 0 Å². The molecule has 0 unspecified atom stereocenters. The lowest BCUT2D eigenvalue weighted by Gasteiger charge is -2.16. The van der Waals surface area contributed by atoms with Crippen molar-refractivity contribution in [2.45, 2.75) is 19.8 Å². The molecule has 88 valence electrons. The number of nitrogens with zero attached hydrogens (tertiary/aromatic N) is 4. The Kier molecular flexibility index (Phi) is 3.07. The molecule has 0 saturated heterocycles. The fourth-order valence-corrected chi connectivity index (χ4v) is 1.49. The predicted molar refractivity (Wildman–Crippen MR) is 61.4 cm³/mol. The molecule has 1 aromatic rings. The van der Waals surface area contributed by atoms with Gasteiger partial charge in [0.25, 0.3) is 0 Å². The summed E-state index contributed by atoms with van der Waals surface area (Å²) in [6.45, 7) is 3.37. The molecule has 16 heavy (non-hydrogen) atoms. The number of hydrogen-bond donors (Lipinski definition) is 1. The minimum Gasteiger partial charge on any atom is -0.464 e. The Hall–Kier alpha value is -1.59. The van der Waals surface area contributed by atoms with Crippen LogP contribution >= 0.6 is 0 Å². The number of nitrogens with two attached hydrogens (primary N) is 1. The normalized spacial score (nSPS) is 14.9. The van der Waals surface area contributed by atoms with Gasteiger partial charge in [0.2, 0.25) is 11.9 Å². The Morgan fingerprint density at radius 2 is 2.12 bits per heavy atom. The highest BCUT2D eigenvalue weighted by Gasteiger charge is 2.24. The summed E-state index contributed by atoms with van der Waals surface area (Å²) in [6.07, 6.45) is 2.59. The molecule has 1 aliphatic carbocycles. The first-order chi connectivity index (χ1) is 7.69. The number of nitrogen functional groups attached to an aromatic ring is 1. The van der Waals surface area contributed by atoms with E-state index in [1.54, 1.807) is 0 Å². The van der Waals surface area contributed by atoms with Gasteiger partial charge in [-0.25, -0.2) is 0 Å². The maximum atomic E-state index is 5.61. The van der Waals surface area contributed by atoms with Crippen LogP contribution in [0.5, 0.6) is 6.01 Å². The lowest BCUT2D eigenvalue weighted by Crippen LogP contribution is -2.23. The molecule has 2 rings (SSSR count). The third-order valence-electron chi connectivity index (χ3n) is 2.46. The van der Waals surface area contributed by atoms with Gasteiger partial charge in [-0.05, 0) is 25.7 Å². The van der Waals surface area contributed by atoms with Gasteiger partial charge in [0.05, 0.1) is 6.61 Å². The maximum absolute atomic E-state index is 5.61. The van der Waals surface area contributed by atoms with Crippen molar-refractivity contribution in [3.05, 3.63) is 0 Å². The Morgan fingerprint density at radius 3 is 2.75 bits per heavy atom. The SMILES string of the molecule is CCOc1nc(N)nc(N(C)CC2CC2)n1. The van der Waals surface area contributed by atoms with Crippen LogP contribution in [0.2, 0.25) is 0 Å². The Balaban J connectivity index is 2.11. The first-order valence-corrected chi connectivity index (χ1v) is 5.54. The summed E-state index contributed by atoms with van der Waals surface area (Å²) in [5.74, 6) is 1.57. The van der Waals surface area contributed by atoms with Crippen molar-refractivity contribution in [1.29, 1.82) is 0 Å². The van der Waals surface area contributed by atoms with E-state index in [1.165, 1.54) is 12.8 Å². The summed E-state index contributed by atoms with van der Waals surface area (Å²) in [6, 6.07) is 0.299. The molecule has 6 heteroatoms. The van der Waals surface area contributed by atoms with Gasteiger partial charge in [-0.2, -0.15) is 15.0 Å². The van der Waals surface area contributed by atoms with Gasteiger partial charge in [0.1, 0.15) is 0 Å².